The predicted molar refractivity (Wildman–Crippen MR) is 88.2 cm³/mol. The average Bonchev–Trinajstić information content (AvgIpc) is 3.35. The zero-order chi connectivity index (χ0) is 18.1. The van der Waals surface area contributed by atoms with E-state index in [2.05, 4.69) is 0 Å². The van der Waals surface area contributed by atoms with Gasteiger partial charge in [-0.1, -0.05) is 6.07 Å². The molecule has 0 radical (unpaired) electrons. The Kier molecular flexibility index (Phi) is 5.29. The highest BCUT2D eigenvalue weighted by atomic mass is 32.2. The van der Waals surface area contributed by atoms with Crippen LogP contribution in [0.1, 0.15) is 37.0 Å². The zero-order valence-corrected chi connectivity index (χ0v) is 14.8. The molecule has 1 aliphatic carbocycles. The third-order valence-electron chi connectivity index (χ3n) is 4.04. The largest absolute Gasteiger partial charge is 0.480 e. The van der Waals surface area contributed by atoms with Crippen LogP contribution in [0.3, 0.4) is 0 Å². The minimum Gasteiger partial charge on any atom is -0.480 e. The molecular formula is C16H22N2O5S. The molecule has 0 spiro atoms. The van der Waals surface area contributed by atoms with E-state index in [-0.39, 0.29) is 29.1 Å². The van der Waals surface area contributed by atoms with E-state index in [1.807, 2.05) is 0 Å². The quantitative estimate of drug-likeness (QED) is 0.799. The highest BCUT2D eigenvalue weighted by Gasteiger charge is 2.34. The van der Waals surface area contributed by atoms with Crippen molar-refractivity contribution in [1.82, 2.24) is 9.21 Å². The van der Waals surface area contributed by atoms with Crippen LogP contribution in [-0.2, 0) is 14.8 Å². The first-order valence-electron chi connectivity index (χ1n) is 7.75. The zero-order valence-electron chi connectivity index (χ0n) is 14.0. The van der Waals surface area contributed by atoms with E-state index >= 15 is 0 Å². The number of carboxylic acids is 1. The van der Waals surface area contributed by atoms with Crippen LogP contribution < -0.4 is 0 Å². The van der Waals surface area contributed by atoms with Crippen molar-refractivity contribution in [2.45, 2.75) is 43.7 Å². The first-order chi connectivity index (χ1) is 11.1. The van der Waals surface area contributed by atoms with Gasteiger partial charge in [0.15, 0.2) is 0 Å². The van der Waals surface area contributed by atoms with Crippen LogP contribution in [0.15, 0.2) is 29.2 Å². The lowest BCUT2D eigenvalue weighted by Crippen LogP contribution is -2.37. The first-order valence-corrected chi connectivity index (χ1v) is 9.19. The number of benzene rings is 1. The molecule has 1 N–H and O–H groups in total. The van der Waals surface area contributed by atoms with Gasteiger partial charge in [0.25, 0.3) is 5.91 Å². The molecule has 0 atom stereocenters. The van der Waals surface area contributed by atoms with Crippen molar-refractivity contribution in [2.24, 2.45) is 0 Å². The van der Waals surface area contributed by atoms with Gasteiger partial charge >= 0.3 is 5.97 Å². The lowest BCUT2D eigenvalue weighted by molar-refractivity contribution is -0.137. The van der Waals surface area contributed by atoms with Crippen LogP contribution in [-0.4, -0.2) is 60.3 Å². The number of hydrogen-bond donors (Lipinski definition) is 1. The Morgan fingerprint density at radius 3 is 2.42 bits per heavy atom. The number of carbonyl (C=O) groups is 2. The van der Waals surface area contributed by atoms with Gasteiger partial charge < -0.3 is 10.0 Å². The maximum absolute atomic E-state index is 12.6. The molecule has 7 nitrogen and oxygen atoms in total. The van der Waals surface area contributed by atoms with Crippen molar-refractivity contribution in [3.63, 3.8) is 0 Å². The fourth-order valence-electron chi connectivity index (χ4n) is 2.30. The number of amides is 1. The summed E-state index contributed by atoms with van der Waals surface area (Å²) in [6.07, 6.45) is 1.54. The Morgan fingerprint density at radius 2 is 1.92 bits per heavy atom. The summed E-state index contributed by atoms with van der Waals surface area (Å²) in [5.41, 5.74) is 0.182. The molecule has 0 aromatic heterocycles. The van der Waals surface area contributed by atoms with Crippen LogP contribution in [0, 0.1) is 0 Å². The third-order valence-corrected chi connectivity index (χ3v) is 6.07. The topological polar surface area (TPSA) is 95.0 Å². The molecule has 24 heavy (non-hydrogen) atoms. The van der Waals surface area contributed by atoms with Crippen LogP contribution in [0.4, 0.5) is 0 Å². The molecule has 1 aromatic rings. The van der Waals surface area contributed by atoms with E-state index in [1.54, 1.807) is 13.8 Å². The second kappa shape index (κ2) is 6.90. The van der Waals surface area contributed by atoms with E-state index < -0.39 is 21.9 Å². The number of sulfonamides is 1. The Balaban J connectivity index is 2.32. The lowest BCUT2D eigenvalue weighted by Gasteiger charge is -2.22. The average molecular weight is 354 g/mol. The molecule has 2 rings (SSSR count). The number of nitrogens with zero attached hydrogens (tertiary/aromatic N) is 2. The van der Waals surface area contributed by atoms with E-state index in [4.69, 9.17) is 5.11 Å². The third kappa shape index (κ3) is 3.93. The molecule has 0 aliphatic heterocycles. The lowest BCUT2D eigenvalue weighted by atomic mass is 10.2. The summed E-state index contributed by atoms with van der Waals surface area (Å²) >= 11 is 0. The Bertz CT molecular complexity index is 741. The van der Waals surface area contributed by atoms with E-state index in [0.29, 0.717) is 0 Å². The minimum atomic E-state index is -3.70. The van der Waals surface area contributed by atoms with Crippen molar-refractivity contribution >= 4 is 21.9 Å². The van der Waals surface area contributed by atoms with Gasteiger partial charge in [0.05, 0.1) is 4.90 Å². The summed E-state index contributed by atoms with van der Waals surface area (Å²) in [5.74, 6) is -1.54. The standard InChI is InChI=1S/C16H22N2O5S/c1-11(2)17(3)24(22,23)14-6-4-5-12(9-14)16(21)18(10-15(19)20)13-7-8-13/h4-6,9,11,13H,7-8,10H2,1-3H3,(H,19,20). The van der Waals surface area contributed by atoms with Crippen molar-refractivity contribution in [1.29, 1.82) is 0 Å². The van der Waals surface area contributed by atoms with Gasteiger partial charge in [0.2, 0.25) is 10.0 Å². The highest BCUT2D eigenvalue weighted by molar-refractivity contribution is 7.89. The van der Waals surface area contributed by atoms with Crippen LogP contribution in [0.2, 0.25) is 0 Å². The Hall–Kier alpha value is -1.93. The molecule has 1 aromatic carbocycles. The molecule has 1 aliphatic rings. The molecule has 0 heterocycles. The summed E-state index contributed by atoms with van der Waals surface area (Å²) in [7, 11) is -2.22. The molecule has 8 heteroatoms. The fourth-order valence-corrected chi connectivity index (χ4v) is 3.71. The van der Waals surface area contributed by atoms with Crippen molar-refractivity contribution in [2.75, 3.05) is 13.6 Å². The molecular weight excluding hydrogens is 332 g/mol. The van der Waals surface area contributed by atoms with Crippen molar-refractivity contribution < 1.29 is 23.1 Å². The summed E-state index contributed by atoms with van der Waals surface area (Å²) in [5, 5.41) is 8.98. The molecule has 1 amide bonds. The highest BCUT2D eigenvalue weighted by Crippen LogP contribution is 2.28. The predicted octanol–water partition coefficient (Wildman–Crippen LogP) is 1.40. The molecule has 132 valence electrons. The van der Waals surface area contributed by atoms with Gasteiger partial charge in [0.1, 0.15) is 6.54 Å². The summed E-state index contributed by atoms with van der Waals surface area (Å²) < 4.78 is 26.3. The van der Waals surface area contributed by atoms with Crippen LogP contribution in [0.5, 0.6) is 0 Å². The van der Waals surface area contributed by atoms with E-state index in [1.165, 1.54) is 40.5 Å². The van der Waals surface area contributed by atoms with Crippen LogP contribution in [0.25, 0.3) is 0 Å². The first kappa shape index (κ1) is 18.4. The second-order valence-electron chi connectivity index (χ2n) is 6.20. The summed E-state index contributed by atoms with van der Waals surface area (Å²) in [6.45, 7) is 3.13. The Morgan fingerprint density at radius 1 is 1.29 bits per heavy atom. The maximum Gasteiger partial charge on any atom is 0.323 e. The number of hydrogen-bond acceptors (Lipinski definition) is 4. The van der Waals surface area contributed by atoms with E-state index in [9.17, 15) is 18.0 Å². The smallest absolute Gasteiger partial charge is 0.323 e. The second-order valence-corrected chi connectivity index (χ2v) is 8.20. The number of carbonyl (C=O) groups excluding carboxylic acids is 1. The van der Waals surface area contributed by atoms with Crippen molar-refractivity contribution in [3.05, 3.63) is 29.8 Å². The minimum absolute atomic E-state index is 0.0237. The van der Waals surface area contributed by atoms with Gasteiger partial charge in [-0.2, -0.15) is 4.31 Å². The monoisotopic (exact) mass is 354 g/mol. The van der Waals surface area contributed by atoms with Gasteiger partial charge in [-0.15, -0.1) is 0 Å². The van der Waals surface area contributed by atoms with Crippen LogP contribution >= 0.6 is 0 Å². The number of carboxylic acid groups (broad SMARTS) is 1. The summed E-state index contributed by atoms with van der Waals surface area (Å²) in [4.78, 5) is 24.9. The maximum atomic E-state index is 12.6. The Labute approximate surface area is 141 Å². The van der Waals surface area contributed by atoms with Gasteiger partial charge in [-0.05, 0) is 44.9 Å². The van der Waals surface area contributed by atoms with Gasteiger partial charge in [-0.3, -0.25) is 9.59 Å². The molecule has 0 saturated heterocycles. The summed E-state index contributed by atoms with van der Waals surface area (Å²) in [6, 6.07) is 5.46. The normalized spacial score (nSPS) is 14.9. The fraction of sp³-hybridized carbons (Fsp3) is 0.500. The van der Waals surface area contributed by atoms with Crippen molar-refractivity contribution in [3.8, 4) is 0 Å². The molecule has 1 fully saturated rings. The van der Waals surface area contributed by atoms with E-state index in [0.717, 1.165) is 12.8 Å². The molecule has 0 bridgehead atoms. The number of aliphatic carboxylic acids is 1. The van der Waals surface area contributed by atoms with Gasteiger partial charge in [0, 0.05) is 24.7 Å². The molecule has 0 unspecified atom stereocenters. The van der Waals surface area contributed by atoms with Gasteiger partial charge in [-0.25, -0.2) is 8.42 Å². The number of rotatable bonds is 7. The SMILES string of the molecule is CC(C)N(C)S(=O)(=O)c1cccc(C(=O)N(CC(=O)O)C2CC2)c1. The molecule has 1 saturated carbocycles.